The Bertz CT molecular complexity index is 1770. The van der Waals surface area contributed by atoms with Crippen molar-refractivity contribution in [2.24, 2.45) is 0 Å². The van der Waals surface area contributed by atoms with Crippen molar-refractivity contribution >= 4 is 40.9 Å². The number of fused-ring (bicyclic) bond motifs is 1. The Morgan fingerprint density at radius 2 is 1.89 bits per heavy atom. The molecule has 14 heteroatoms. The molecule has 2 amide bonds. The molecule has 5 rings (SSSR count). The Morgan fingerprint density at radius 1 is 1.11 bits per heavy atom. The number of aliphatic carboxylic acids is 2. The first-order chi connectivity index (χ1) is 21.1. The molecule has 0 radical (unpaired) electrons. The highest BCUT2D eigenvalue weighted by atomic mass is 16.5. The highest BCUT2D eigenvalue weighted by Gasteiger charge is 2.33. The van der Waals surface area contributed by atoms with E-state index >= 15 is 0 Å². The van der Waals surface area contributed by atoms with Gasteiger partial charge in [-0.1, -0.05) is 18.1 Å². The molecule has 5 N–H and O–H groups in total. The third-order valence-electron chi connectivity index (χ3n) is 6.58. The second-order valence-electron chi connectivity index (χ2n) is 9.43. The summed E-state index contributed by atoms with van der Waals surface area (Å²) in [7, 11) is 1.50. The van der Waals surface area contributed by atoms with Crippen molar-refractivity contribution < 1.29 is 34.1 Å². The van der Waals surface area contributed by atoms with E-state index in [1.807, 2.05) is 4.40 Å². The number of carbonyl (C=O) groups is 4. The van der Waals surface area contributed by atoms with Crippen molar-refractivity contribution in [1.82, 2.24) is 24.3 Å². The molecule has 1 saturated heterocycles. The number of imidazole rings is 1. The van der Waals surface area contributed by atoms with Gasteiger partial charge in [0.15, 0.2) is 0 Å². The zero-order chi connectivity index (χ0) is 31.8. The maximum Gasteiger partial charge on any atom is 0.314 e. The van der Waals surface area contributed by atoms with E-state index in [0.717, 1.165) is 12.8 Å². The number of hydrogen-bond donors (Lipinski definition) is 4. The van der Waals surface area contributed by atoms with Crippen LogP contribution in [-0.2, 0) is 14.4 Å². The molecule has 1 atom stereocenters. The maximum atomic E-state index is 12.9. The number of carboxylic acids is 2. The molecule has 0 bridgehead atoms. The van der Waals surface area contributed by atoms with Crippen molar-refractivity contribution in [1.29, 1.82) is 0 Å². The van der Waals surface area contributed by atoms with Gasteiger partial charge in [0, 0.05) is 30.7 Å². The number of methoxy groups -OCH3 is 1. The standard InChI is InChI=1S/C27H25N7O3.C3H4O4/c1-3-7-22(35)33-14-6-8-19(33)26-32-23(24-25(28)30-13-15-34(24)26)17-10-11-18(20(16-17)37-2)27(36)31-21-9-4-5-12-29-21;4-2(5)1-3(6)7/h4-5,9-13,15-16,19H,6,8,14H2,1-2H3,(H2,28,30)(H,29,31,36);1H2,(H,4,5)(H,6,7)/t19-;/m0./s1. The van der Waals surface area contributed by atoms with Crippen LogP contribution in [0.5, 0.6) is 5.75 Å². The monoisotopic (exact) mass is 599 g/mol. The quantitative estimate of drug-likeness (QED) is 0.180. The van der Waals surface area contributed by atoms with Crippen LogP contribution in [0.25, 0.3) is 16.8 Å². The number of amides is 2. The van der Waals surface area contributed by atoms with E-state index in [1.165, 1.54) is 7.11 Å². The van der Waals surface area contributed by atoms with Gasteiger partial charge in [-0.2, -0.15) is 0 Å². The number of carboxylic acid groups (broad SMARTS) is 2. The molecule has 1 aliphatic heterocycles. The smallest absolute Gasteiger partial charge is 0.314 e. The number of rotatable bonds is 7. The summed E-state index contributed by atoms with van der Waals surface area (Å²) in [5.74, 6) is 3.91. The van der Waals surface area contributed by atoms with Gasteiger partial charge in [-0.3, -0.25) is 23.6 Å². The van der Waals surface area contributed by atoms with Crippen molar-refractivity contribution in [2.45, 2.75) is 32.2 Å². The molecule has 4 heterocycles. The number of nitrogens with zero attached hydrogens (tertiary/aromatic N) is 5. The molecule has 0 spiro atoms. The fraction of sp³-hybridized carbons (Fsp3) is 0.233. The number of benzene rings is 1. The fourth-order valence-corrected chi connectivity index (χ4v) is 4.76. The summed E-state index contributed by atoms with van der Waals surface area (Å²) >= 11 is 0. The predicted octanol–water partition coefficient (Wildman–Crippen LogP) is 2.87. The average Bonchev–Trinajstić information content (AvgIpc) is 3.63. The molecular formula is C30H29N7O7. The Morgan fingerprint density at radius 3 is 2.52 bits per heavy atom. The van der Waals surface area contributed by atoms with E-state index < -0.39 is 18.4 Å². The van der Waals surface area contributed by atoms with Crippen LogP contribution < -0.4 is 15.8 Å². The van der Waals surface area contributed by atoms with Crippen LogP contribution in [0.2, 0.25) is 0 Å². The second-order valence-corrected chi connectivity index (χ2v) is 9.43. The molecule has 1 fully saturated rings. The van der Waals surface area contributed by atoms with Crippen molar-refractivity contribution in [3.8, 4) is 28.8 Å². The number of nitrogen functional groups attached to an aromatic ring is 1. The summed E-state index contributed by atoms with van der Waals surface area (Å²) < 4.78 is 7.44. The number of anilines is 2. The zero-order valence-electron chi connectivity index (χ0n) is 23.9. The van der Waals surface area contributed by atoms with Gasteiger partial charge in [0.25, 0.3) is 11.8 Å². The predicted molar refractivity (Wildman–Crippen MR) is 159 cm³/mol. The van der Waals surface area contributed by atoms with E-state index in [1.54, 1.807) is 66.8 Å². The van der Waals surface area contributed by atoms with Crippen molar-refractivity contribution in [3.05, 3.63) is 66.4 Å². The molecule has 44 heavy (non-hydrogen) atoms. The lowest BCUT2D eigenvalue weighted by Crippen LogP contribution is -2.30. The second kappa shape index (κ2) is 13.8. The Hall–Kier alpha value is -5.97. The normalized spacial score (nSPS) is 13.7. The molecule has 1 aromatic carbocycles. The number of ether oxygens (including phenoxy) is 1. The molecule has 0 saturated carbocycles. The molecule has 14 nitrogen and oxygen atoms in total. The van der Waals surface area contributed by atoms with E-state index in [4.69, 9.17) is 25.7 Å². The topological polar surface area (TPSA) is 202 Å². The molecule has 4 aromatic rings. The third-order valence-corrected chi connectivity index (χ3v) is 6.58. The van der Waals surface area contributed by atoms with E-state index in [-0.39, 0.29) is 17.9 Å². The highest BCUT2D eigenvalue weighted by molar-refractivity contribution is 6.06. The summed E-state index contributed by atoms with van der Waals surface area (Å²) in [6.45, 7) is 2.25. The van der Waals surface area contributed by atoms with Crippen LogP contribution in [0.3, 0.4) is 0 Å². The number of hydrogen-bond acceptors (Lipinski definition) is 9. The van der Waals surface area contributed by atoms with Gasteiger partial charge in [-0.05, 0) is 50.0 Å². The number of pyridine rings is 1. The number of likely N-dealkylation sites (tertiary alicyclic amines) is 1. The number of carbonyl (C=O) groups excluding carboxylic acids is 2. The largest absolute Gasteiger partial charge is 0.496 e. The molecule has 226 valence electrons. The summed E-state index contributed by atoms with van der Waals surface area (Å²) in [4.78, 5) is 59.5. The zero-order valence-corrected chi connectivity index (χ0v) is 23.9. The van der Waals surface area contributed by atoms with Gasteiger partial charge in [0.2, 0.25) is 0 Å². The molecule has 0 unspecified atom stereocenters. The molecule has 3 aromatic heterocycles. The highest BCUT2D eigenvalue weighted by Crippen LogP contribution is 2.37. The van der Waals surface area contributed by atoms with E-state index in [0.29, 0.717) is 52.1 Å². The molecule has 1 aliphatic rings. The van der Waals surface area contributed by atoms with Crippen molar-refractivity contribution in [3.63, 3.8) is 0 Å². The van der Waals surface area contributed by atoms with Gasteiger partial charge in [0.05, 0.1) is 18.7 Å². The Labute approximate surface area is 251 Å². The summed E-state index contributed by atoms with van der Waals surface area (Å²) in [5.41, 5.74) is 8.54. The van der Waals surface area contributed by atoms with Crippen molar-refractivity contribution in [2.75, 3.05) is 24.7 Å². The summed E-state index contributed by atoms with van der Waals surface area (Å²) in [5, 5.41) is 18.2. The van der Waals surface area contributed by atoms with Gasteiger partial charge < -0.3 is 30.9 Å². The molecule has 0 aliphatic carbocycles. The van der Waals surface area contributed by atoms with E-state index in [2.05, 4.69) is 27.1 Å². The van der Waals surface area contributed by atoms with E-state index in [9.17, 15) is 19.2 Å². The fourth-order valence-electron chi connectivity index (χ4n) is 4.76. The van der Waals surface area contributed by atoms with Crippen LogP contribution in [0.1, 0.15) is 48.4 Å². The van der Waals surface area contributed by atoms with Crippen LogP contribution >= 0.6 is 0 Å². The minimum absolute atomic E-state index is 0.227. The number of nitrogens with two attached hydrogens (primary N) is 1. The first-order valence-electron chi connectivity index (χ1n) is 13.3. The maximum absolute atomic E-state index is 12.9. The third kappa shape index (κ3) is 6.90. The van der Waals surface area contributed by atoms with Gasteiger partial charge in [-0.15, -0.1) is 0 Å². The minimum atomic E-state index is -1.31. The first kappa shape index (κ1) is 31.0. The average molecular weight is 600 g/mol. The van der Waals surface area contributed by atoms with Crippen LogP contribution in [0.4, 0.5) is 11.6 Å². The first-order valence-corrected chi connectivity index (χ1v) is 13.3. The van der Waals surface area contributed by atoms with Crippen LogP contribution in [-0.4, -0.2) is 71.9 Å². The van der Waals surface area contributed by atoms with Gasteiger partial charge in [-0.25, -0.2) is 15.0 Å². The number of nitrogens with one attached hydrogen (secondary N) is 1. The van der Waals surface area contributed by atoms with Crippen LogP contribution in [0.15, 0.2) is 55.0 Å². The lowest BCUT2D eigenvalue weighted by atomic mass is 10.1. The minimum Gasteiger partial charge on any atom is -0.496 e. The summed E-state index contributed by atoms with van der Waals surface area (Å²) in [6, 6.07) is 10.2. The lowest BCUT2D eigenvalue weighted by molar-refractivity contribution is -0.147. The Balaban J connectivity index is 0.000000566. The van der Waals surface area contributed by atoms with Crippen LogP contribution in [0, 0.1) is 11.8 Å². The lowest BCUT2D eigenvalue weighted by Gasteiger charge is -2.21. The molecular weight excluding hydrogens is 570 g/mol. The number of aromatic nitrogens is 4. The Kier molecular flexibility index (Phi) is 9.71. The summed E-state index contributed by atoms with van der Waals surface area (Å²) in [6.07, 6.45) is 5.80. The van der Waals surface area contributed by atoms with Gasteiger partial charge in [0.1, 0.15) is 40.8 Å². The SMILES string of the molecule is CC#CC(=O)N1CCC[C@H]1c1nc(-c2ccc(C(=O)Nc3ccccn3)c(OC)c2)c2c(N)nccn12.O=C(O)CC(=O)O. The van der Waals surface area contributed by atoms with Gasteiger partial charge >= 0.3 is 11.9 Å².